The van der Waals surface area contributed by atoms with Crippen LogP contribution >= 0.6 is 0 Å². The van der Waals surface area contributed by atoms with E-state index in [1.807, 2.05) is 32.0 Å². The molecule has 0 bridgehead atoms. The molecule has 6 rings (SSSR count). The molecule has 3 aromatic carbocycles. The molecule has 0 saturated heterocycles. The predicted octanol–water partition coefficient (Wildman–Crippen LogP) is 9.91. The molecule has 2 fully saturated rings. The van der Waals surface area contributed by atoms with E-state index in [9.17, 15) is 18.7 Å². The van der Waals surface area contributed by atoms with E-state index in [1.165, 1.54) is 50.7 Å². The van der Waals surface area contributed by atoms with Crippen molar-refractivity contribution in [2.45, 2.75) is 78.1 Å². The van der Waals surface area contributed by atoms with Crippen LogP contribution in [0.3, 0.4) is 0 Å². The van der Waals surface area contributed by atoms with Crippen LogP contribution in [0.15, 0.2) is 60.5 Å². The molecule has 2 aliphatic rings. The minimum Gasteiger partial charge on any atom is -0.512 e. The predicted molar refractivity (Wildman–Crippen MR) is 162 cm³/mol. The normalized spacial score (nSPS) is 16.5. The standard InChI is InChI=1S/C21H14F2N.C15H24O2.Ir/c1-12-7-13(2)9-15(8-12)21-17-4-3-14-10-19(22)20(23)11-18(14)16(17)5-6-24-21;16-14(12-7-3-1-4-8-12)11-15(17)13-9-5-2-6-10-13;/h3-8,10-11H,1-2H3;11-13,16H,1-10H2;/q-1;;/b;14-11-;. The van der Waals surface area contributed by atoms with E-state index in [4.69, 9.17) is 0 Å². The van der Waals surface area contributed by atoms with Gasteiger partial charge in [0.2, 0.25) is 0 Å². The maximum atomic E-state index is 13.7. The number of hydrogen-bond acceptors (Lipinski definition) is 3. The van der Waals surface area contributed by atoms with Gasteiger partial charge >= 0.3 is 0 Å². The van der Waals surface area contributed by atoms with Crippen LogP contribution in [-0.2, 0) is 24.9 Å². The first-order valence-electron chi connectivity index (χ1n) is 14.9. The SMILES string of the molecule is Cc1[c-]c(-c2nccc3c2ccc2cc(F)c(F)cc23)cc(C)c1.O=C(/C=C(\O)C1CCCCC1)C1CCCCC1.[Ir]. The largest absolute Gasteiger partial charge is 0.512 e. The maximum absolute atomic E-state index is 13.7. The van der Waals surface area contributed by atoms with E-state index in [0.29, 0.717) is 16.5 Å². The van der Waals surface area contributed by atoms with Crippen molar-refractivity contribution in [3.05, 3.63) is 89.3 Å². The molecule has 3 nitrogen and oxygen atoms in total. The molecule has 1 radical (unpaired) electrons. The molecule has 0 atom stereocenters. The smallest absolute Gasteiger partial charge is 0.162 e. The van der Waals surface area contributed by atoms with Crippen LogP contribution < -0.4 is 0 Å². The fourth-order valence-electron chi connectivity index (χ4n) is 6.39. The summed E-state index contributed by atoms with van der Waals surface area (Å²) < 4.78 is 27.2. The minimum atomic E-state index is -0.841. The van der Waals surface area contributed by atoms with Crippen LogP contribution in [0.4, 0.5) is 8.78 Å². The zero-order valence-corrected chi connectivity index (χ0v) is 26.7. The maximum Gasteiger partial charge on any atom is 0.162 e. The summed E-state index contributed by atoms with van der Waals surface area (Å²) in [6.45, 7) is 4.03. The molecule has 6 heteroatoms. The average Bonchev–Trinajstić information content (AvgIpc) is 2.98. The number of benzene rings is 3. The Hall–Kier alpha value is -2.95. The number of aryl methyl sites for hydroxylation is 2. The van der Waals surface area contributed by atoms with Gasteiger partial charge < -0.3 is 10.1 Å². The van der Waals surface area contributed by atoms with Gasteiger partial charge in [0.15, 0.2) is 17.4 Å². The molecule has 0 unspecified atom stereocenters. The van der Waals surface area contributed by atoms with E-state index in [1.54, 1.807) is 18.3 Å². The number of carbonyl (C=O) groups excluding carboxylic acids is 1. The van der Waals surface area contributed by atoms with Gasteiger partial charge in [0.25, 0.3) is 0 Å². The van der Waals surface area contributed by atoms with Gasteiger partial charge in [0, 0.05) is 44.2 Å². The van der Waals surface area contributed by atoms with Gasteiger partial charge in [-0.3, -0.25) is 4.79 Å². The summed E-state index contributed by atoms with van der Waals surface area (Å²) in [5.74, 6) is -0.691. The number of aromatic nitrogens is 1. The van der Waals surface area contributed by atoms with Crippen LogP contribution in [0.1, 0.15) is 75.3 Å². The van der Waals surface area contributed by atoms with E-state index < -0.39 is 11.6 Å². The van der Waals surface area contributed by atoms with Crippen LogP contribution in [0.25, 0.3) is 32.8 Å². The molecule has 1 aromatic heterocycles. The Kier molecular flexibility index (Phi) is 11.0. The first-order chi connectivity index (χ1) is 19.8. The number of allylic oxidation sites excluding steroid dienone is 2. The molecule has 1 N–H and O–H groups in total. The third-order valence-electron chi connectivity index (χ3n) is 8.53. The van der Waals surface area contributed by atoms with E-state index >= 15 is 0 Å². The number of pyridine rings is 1. The average molecular weight is 747 g/mol. The molecule has 1 heterocycles. The number of carbonyl (C=O) groups is 1. The number of aliphatic hydroxyl groups excluding tert-OH is 1. The molecule has 4 aromatic rings. The molecular weight excluding hydrogens is 709 g/mol. The first kappa shape index (κ1) is 32.0. The third-order valence-corrected chi connectivity index (χ3v) is 8.53. The summed E-state index contributed by atoms with van der Waals surface area (Å²) >= 11 is 0. The summed E-state index contributed by atoms with van der Waals surface area (Å²) in [4.78, 5) is 16.5. The minimum absolute atomic E-state index is 0. The van der Waals surface area contributed by atoms with Gasteiger partial charge in [-0.15, -0.1) is 34.9 Å². The Morgan fingerprint density at radius 2 is 1.48 bits per heavy atom. The Morgan fingerprint density at radius 3 is 2.14 bits per heavy atom. The van der Waals surface area contributed by atoms with Crippen molar-refractivity contribution in [2.75, 3.05) is 0 Å². The van der Waals surface area contributed by atoms with Crippen LogP contribution in [0, 0.1) is 43.4 Å². The number of ketones is 1. The monoisotopic (exact) mass is 747 g/mol. The Bertz CT molecular complexity index is 1570. The molecule has 0 spiro atoms. The van der Waals surface area contributed by atoms with Crippen molar-refractivity contribution in [3.63, 3.8) is 0 Å². The van der Waals surface area contributed by atoms with E-state index in [0.717, 1.165) is 58.8 Å². The van der Waals surface area contributed by atoms with Gasteiger partial charge in [0.1, 0.15) is 0 Å². The number of halogens is 2. The van der Waals surface area contributed by atoms with Crippen molar-refractivity contribution in [1.29, 1.82) is 0 Å². The van der Waals surface area contributed by atoms with Gasteiger partial charge in [-0.2, -0.15) is 0 Å². The fraction of sp³-hybridized carbons (Fsp3) is 0.389. The molecule has 2 saturated carbocycles. The molecular formula is C36H38F2IrNO2-. The van der Waals surface area contributed by atoms with Crippen molar-refractivity contribution < 1.29 is 38.8 Å². The Labute approximate surface area is 260 Å². The topological polar surface area (TPSA) is 50.2 Å². The first-order valence-corrected chi connectivity index (χ1v) is 14.9. The summed E-state index contributed by atoms with van der Waals surface area (Å²) in [5, 5.41) is 13.1. The summed E-state index contributed by atoms with van der Waals surface area (Å²) in [5.41, 5.74) is 3.87. The molecule has 0 aliphatic heterocycles. The summed E-state index contributed by atoms with van der Waals surface area (Å²) in [6, 6.07) is 15.4. The number of fused-ring (bicyclic) bond motifs is 3. The van der Waals surface area contributed by atoms with Crippen molar-refractivity contribution in [3.8, 4) is 11.3 Å². The van der Waals surface area contributed by atoms with Crippen molar-refractivity contribution >= 4 is 27.3 Å². The second-order valence-corrected chi connectivity index (χ2v) is 11.7. The van der Waals surface area contributed by atoms with Crippen molar-refractivity contribution in [2.24, 2.45) is 11.8 Å². The zero-order valence-electron chi connectivity index (χ0n) is 24.3. The van der Waals surface area contributed by atoms with E-state index in [-0.39, 0.29) is 37.7 Å². The van der Waals surface area contributed by atoms with Gasteiger partial charge in [-0.25, -0.2) is 8.78 Å². The van der Waals surface area contributed by atoms with Crippen LogP contribution in [0.5, 0.6) is 0 Å². The molecule has 0 amide bonds. The van der Waals surface area contributed by atoms with Crippen LogP contribution in [-0.4, -0.2) is 15.9 Å². The third kappa shape index (κ3) is 7.51. The van der Waals surface area contributed by atoms with E-state index in [2.05, 4.69) is 17.1 Å². The number of rotatable bonds is 4. The van der Waals surface area contributed by atoms with Gasteiger partial charge in [0.05, 0.1) is 5.76 Å². The number of aliphatic hydroxyl groups is 1. The van der Waals surface area contributed by atoms with Crippen molar-refractivity contribution in [1.82, 2.24) is 4.98 Å². The molecule has 223 valence electrons. The van der Waals surface area contributed by atoms with Gasteiger partial charge in [-0.05, 0) is 71.1 Å². The summed E-state index contributed by atoms with van der Waals surface area (Å²) in [7, 11) is 0. The second-order valence-electron chi connectivity index (χ2n) is 11.7. The molecule has 2 aliphatic carbocycles. The van der Waals surface area contributed by atoms with Crippen LogP contribution in [0.2, 0.25) is 0 Å². The number of hydrogen-bond donors (Lipinski definition) is 1. The second kappa shape index (κ2) is 14.5. The zero-order chi connectivity index (χ0) is 28.9. The van der Waals surface area contributed by atoms with Gasteiger partial charge in [-0.1, -0.05) is 64.5 Å². The molecule has 42 heavy (non-hydrogen) atoms. The fourth-order valence-corrected chi connectivity index (χ4v) is 6.39. The Balaban J connectivity index is 0.000000200. The quantitative estimate of drug-likeness (QED) is 0.0980. The number of nitrogens with zero attached hydrogens (tertiary/aromatic N) is 1. The summed E-state index contributed by atoms with van der Waals surface area (Å²) in [6.07, 6.45) is 14.7. The Morgan fingerprint density at radius 1 is 0.833 bits per heavy atom.